The van der Waals surface area contributed by atoms with Gasteiger partial charge in [-0.05, 0) is 11.1 Å². The van der Waals surface area contributed by atoms with E-state index in [2.05, 4.69) is 29.2 Å². The van der Waals surface area contributed by atoms with E-state index in [0.29, 0.717) is 6.61 Å². The first-order valence-corrected chi connectivity index (χ1v) is 7.52. The second-order valence-electron chi connectivity index (χ2n) is 5.28. The Kier molecular flexibility index (Phi) is 4.66. The van der Waals surface area contributed by atoms with Crippen LogP contribution in [-0.2, 0) is 18.2 Å². The maximum absolute atomic E-state index is 6.19. The molecule has 0 atom stereocenters. The van der Waals surface area contributed by atoms with Crippen LogP contribution in [0, 0.1) is 0 Å². The highest BCUT2D eigenvalue weighted by molar-refractivity contribution is 5.29. The molecule has 0 N–H and O–H groups in total. The molecule has 0 bridgehead atoms. The number of hydrogen-bond acceptors (Lipinski definition) is 2. The van der Waals surface area contributed by atoms with E-state index in [1.54, 1.807) is 0 Å². The molecule has 3 aromatic rings. The summed E-state index contributed by atoms with van der Waals surface area (Å²) in [4.78, 5) is 4.34. The molecule has 0 aliphatic carbocycles. The van der Waals surface area contributed by atoms with Crippen molar-refractivity contribution in [1.82, 2.24) is 9.55 Å². The Labute approximate surface area is 131 Å². The Bertz CT molecular complexity index is 652. The Morgan fingerprint density at radius 1 is 0.955 bits per heavy atom. The van der Waals surface area contributed by atoms with E-state index in [1.165, 1.54) is 11.1 Å². The summed E-state index contributed by atoms with van der Waals surface area (Å²) >= 11 is 0. The van der Waals surface area contributed by atoms with Gasteiger partial charge in [-0.25, -0.2) is 4.98 Å². The van der Waals surface area contributed by atoms with Crippen LogP contribution in [0.3, 0.4) is 0 Å². The van der Waals surface area contributed by atoms with E-state index in [4.69, 9.17) is 4.74 Å². The van der Waals surface area contributed by atoms with Gasteiger partial charge in [0.25, 0.3) is 0 Å². The minimum absolute atomic E-state index is 0.0392. The first-order chi connectivity index (χ1) is 10.8. The van der Waals surface area contributed by atoms with Crippen LogP contribution in [0.25, 0.3) is 0 Å². The van der Waals surface area contributed by atoms with Crippen molar-refractivity contribution in [2.75, 3.05) is 6.61 Å². The average molecular weight is 292 g/mol. The molecule has 3 nitrogen and oxygen atoms in total. The standard InChI is InChI=1S/C19H20N2O/c1-21-14-13-20-18(21)12-15-22-19(16-8-4-2-5-9-16)17-10-6-3-7-11-17/h2-11,13-14,19H,12,15H2,1H3. The molecule has 0 aliphatic rings. The predicted molar refractivity (Wildman–Crippen MR) is 87.6 cm³/mol. The highest BCUT2D eigenvalue weighted by atomic mass is 16.5. The minimum atomic E-state index is -0.0392. The number of nitrogens with zero attached hydrogens (tertiary/aromatic N) is 2. The van der Waals surface area contributed by atoms with Crippen LogP contribution in [0.5, 0.6) is 0 Å². The number of rotatable bonds is 6. The zero-order valence-electron chi connectivity index (χ0n) is 12.7. The first kappa shape index (κ1) is 14.5. The summed E-state index contributed by atoms with van der Waals surface area (Å²) in [6, 6.07) is 20.7. The number of hydrogen-bond donors (Lipinski definition) is 0. The lowest BCUT2D eigenvalue weighted by atomic mass is 10.0. The van der Waals surface area contributed by atoms with Gasteiger partial charge in [0, 0.05) is 25.9 Å². The molecule has 3 heteroatoms. The van der Waals surface area contributed by atoms with Crippen LogP contribution >= 0.6 is 0 Å². The van der Waals surface area contributed by atoms with Crippen molar-refractivity contribution in [3.63, 3.8) is 0 Å². The largest absolute Gasteiger partial charge is 0.368 e. The molecule has 22 heavy (non-hydrogen) atoms. The first-order valence-electron chi connectivity index (χ1n) is 7.52. The lowest BCUT2D eigenvalue weighted by Crippen LogP contribution is -2.10. The van der Waals surface area contributed by atoms with Gasteiger partial charge in [0.1, 0.15) is 11.9 Å². The van der Waals surface area contributed by atoms with Gasteiger partial charge >= 0.3 is 0 Å². The normalized spacial score (nSPS) is 11.0. The molecular weight excluding hydrogens is 272 g/mol. The van der Waals surface area contributed by atoms with E-state index in [1.807, 2.05) is 60.4 Å². The fourth-order valence-corrected chi connectivity index (χ4v) is 2.55. The number of imidazole rings is 1. The van der Waals surface area contributed by atoms with Gasteiger partial charge in [0.15, 0.2) is 0 Å². The smallest absolute Gasteiger partial charge is 0.110 e. The Morgan fingerprint density at radius 3 is 2.05 bits per heavy atom. The van der Waals surface area contributed by atoms with Gasteiger partial charge in [-0.15, -0.1) is 0 Å². The average Bonchev–Trinajstić information content (AvgIpc) is 2.98. The highest BCUT2D eigenvalue weighted by Crippen LogP contribution is 2.25. The summed E-state index contributed by atoms with van der Waals surface area (Å²) in [6.45, 7) is 0.638. The van der Waals surface area contributed by atoms with Crippen LogP contribution in [0.2, 0.25) is 0 Å². The third kappa shape index (κ3) is 3.43. The van der Waals surface area contributed by atoms with Crippen molar-refractivity contribution in [1.29, 1.82) is 0 Å². The molecule has 0 spiro atoms. The van der Waals surface area contributed by atoms with Gasteiger partial charge in [-0.1, -0.05) is 60.7 Å². The van der Waals surface area contributed by atoms with Crippen LogP contribution in [0.1, 0.15) is 23.1 Å². The van der Waals surface area contributed by atoms with Crippen molar-refractivity contribution in [2.24, 2.45) is 7.05 Å². The Balaban J connectivity index is 1.73. The lowest BCUT2D eigenvalue weighted by Gasteiger charge is -2.19. The fraction of sp³-hybridized carbons (Fsp3) is 0.211. The molecule has 2 aromatic carbocycles. The molecule has 1 aromatic heterocycles. The molecular formula is C19H20N2O. The summed E-state index contributed by atoms with van der Waals surface area (Å²) in [7, 11) is 2.01. The molecule has 0 saturated carbocycles. The second kappa shape index (κ2) is 7.05. The molecule has 0 unspecified atom stereocenters. The third-order valence-corrected chi connectivity index (χ3v) is 3.74. The van der Waals surface area contributed by atoms with E-state index in [9.17, 15) is 0 Å². The lowest BCUT2D eigenvalue weighted by molar-refractivity contribution is 0.0813. The van der Waals surface area contributed by atoms with Crippen LogP contribution in [0.4, 0.5) is 0 Å². The van der Waals surface area contributed by atoms with Gasteiger partial charge in [0.05, 0.1) is 6.61 Å². The summed E-state index contributed by atoms with van der Waals surface area (Å²) < 4.78 is 8.22. The van der Waals surface area contributed by atoms with Crippen molar-refractivity contribution in [3.8, 4) is 0 Å². The topological polar surface area (TPSA) is 27.1 Å². The monoisotopic (exact) mass is 292 g/mol. The highest BCUT2D eigenvalue weighted by Gasteiger charge is 2.14. The summed E-state index contributed by atoms with van der Waals surface area (Å²) in [5, 5.41) is 0. The summed E-state index contributed by atoms with van der Waals surface area (Å²) in [5.74, 6) is 1.04. The molecule has 0 fully saturated rings. The maximum Gasteiger partial charge on any atom is 0.110 e. The molecule has 0 amide bonds. The van der Waals surface area contributed by atoms with Crippen molar-refractivity contribution in [2.45, 2.75) is 12.5 Å². The van der Waals surface area contributed by atoms with E-state index in [-0.39, 0.29) is 6.10 Å². The van der Waals surface area contributed by atoms with E-state index in [0.717, 1.165) is 12.2 Å². The second-order valence-corrected chi connectivity index (χ2v) is 5.28. The quantitative estimate of drug-likeness (QED) is 0.691. The Hall–Kier alpha value is -2.39. The summed E-state index contributed by atoms with van der Waals surface area (Å²) in [6.07, 6.45) is 4.55. The van der Waals surface area contributed by atoms with Gasteiger partial charge < -0.3 is 9.30 Å². The molecule has 112 valence electrons. The van der Waals surface area contributed by atoms with Crippen molar-refractivity contribution >= 4 is 0 Å². The van der Waals surface area contributed by atoms with E-state index >= 15 is 0 Å². The van der Waals surface area contributed by atoms with Crippen LogP contribution in [0.15, 0.2) is 73.1 Å². The van der Waals surface area contributed by atoms with Crippen molar-refractivity contribution < 1.29 is 4.74 Å². The van der Waals surface area contributed by atoms with Gasteiger partial charge in [0.2, 0.25) is 0 Å². The zero-order chi connectivity index (χ0) is 15.2. The zero-order valence-corrected chi connectivity index (χ0v) is 12.7. The SMILES string of the molecule is Cn1ccnc1CCOC(c1ccccc1)c1ccccc1. The molecule has 0 radical (unpaired) electrons. The maximum atomic E-state index is 6.19. The van der Waals surface area contributed by atoms with Gasteiger partial charge in [-0.3, -0.25) is 0 Å². The molecule has 0 aliphatic heterocycles. The van der Waals surface area contributed by atoms with Gasteiger partial charge in [-0.2, -0.15) is 0 Å². The number of ether oxygens (including phenoxy) is 1. The Morgan fingerprint density at radius 2 is 1.55 bits per heavy atom. The summed E-state index contributed by atoms with van der Waals surface area (Å²) in [5.41, 5.74) is 2.35. The van der Waals surface area contributed by atoms with Crippen LogP contribution in [-0.4, -0.2) is 16.2 Å². The third-order valence-electron chi connectivity index (χ3n) is 3.74. The predicted octanol–water partition coefficient (Wildman–Crippen LogP) is 3.77. The fourth-order valence-electron chi connectivity index (χ4n) is 2.55. The molecule has 0 saturated heterocycles. The van der Waals surface area contributed by atoms with E-state index < -0.39 is 0 Å². The number of aryl methyl sites for hydroxylation is 1. The van der Waals surface area contributed by atoms with Crippen molar-refractivity contribution in [3.05, 3.63) is 90.0 Å². The molecule has 3 rings (SSSR count). The molecule has 1 heterocycles. The number of aromatic nitrogens is 2. The number of benzene rings is 2. The minimum Gasteiger partial charge on any atom is -0.368 e. The van der Waals surface area contributed by atoms with Crippen LogP contribution < -0.4 is 0 Å².